The Kier molecular flexibility index (Phi) is 6.76. The Morgan fingerprint density at radius 2 is 2.16 bits per heavy atom. The number of nitrogens with one attached hydrogen (secondary N) is 2. The fourth-order valence-electron chi connectivity index (χ4n) is 1.33. The predicted octanol–water partition coefficient (Wildman–Crippen LogP) is 1.62. The Bertz CT molecular complexity index is 426. The zero-order chi connectivity index (χ0) is 14.1. The van der Waals surface area contributed by atoms with E-state index in [1.807, 2.05) is 6.92 Å². The van der Waals surface area contributed by atoms with Crippen LogP contribution in [0, 0.1) is 11.6 Å². The van der Waals surface area contributed by atoms with Crippen molar-refractivity contribution >= 4 is 11.6 Å². The van der Waals surface area contributed by atoms with Crippen LogP contribution in [0.5, 0.6) is 0 Å². The second kappa shape index (κ2) is 8.39. The Morgan fingerprint density at radius 1 is 1.37 bits per heavy atom. The molecule has 7 heteroatoms. The maximum atomic E-state index is 13.0. The summed E-state index contributed by atoms with van der Waals surface area (Å²) < 4.78 is 30.9. The first-order valence-electron chi connectivity index (χ1n) is 5.98. The van der Waals surface area contributed by atoms with Crippen LogP contribution in [-0.4, -0.2) is 25.7 Å². The summed E-state index contributed by atoms with van der Waals surface area (Å²) in [7, 11) is 0. The van der Waals surface area contributed by atoms with Crippen LogP contribution in [0.15, 0.2) is 23.2 Å². The van der Waals surface area contributed by atoms with Crippen molar-refractivity contribution in [2.75, 3.05) is 25.1 Å². The molecule has 106 valence electrons. The van der Waals surface area contributed by atoms with Crippen molar-refractivity contribution in [1.29, 1.82) is 0 Å². The summed E-state index contributed by atoms with van der Waals surface area (Å²) in [5.41, 5.74) is 2.72. The van der Waals surface area contributed by atoms with Crippen LogP contribution in [0.3, 0.4) is 0 Å². The van der Waals surface area contributed by atoms with Gasteiger partial charge in [-0.15, -0.1) is 0 Å². The Labute approximate surface area is 110 Å². The molecule has 1 rings (SSSR count). The molecule has 0 radical (unpaired) electrons. The summed E-state index contributed by atoms with van der Waals surface area (Å²) in [4.78, 5) is 4.13. The summed E-state index contributed by atoms with van der Waals surface area (Å²) >= 11 is 0. The van der Waals surface area contributed by atoms with E-state index in [0.717, 1.165) is 18.6 Å². The van der Waals surface area contributed by atoms with Gasteiger partial charge in [-0.1, -0.05) is 0 Å². The third-order valence-corrected chi connectivity index (χ3v) is 2.24. The average molecular weight is 272 g/mol. The minimum atomic E-state index is -0.933. The van der Waals surface area contributed by atoms with Crippen LogP contribution >= 0.6 is 0 Å². The molecule has 0 unspecified atom stereocenters. The molecule has 5 nitrogen and oxygen atoms in total. The molecule has 0 aliphatic carbocycles. The average Bonchev–Trinajstić information content (AvgIpc) is 2.41. The first-order chi connectivity index (χ1) is 9.17. The molecule has 0 aliphatic rings. The second-order valence-corrected chi connectivity index (χ2v) is 3.68. The highest BCUT2D eigenvalue weighted by atomic mass is 19.2. The minimum Gasteiger partial charge on any atom is -0.382 e. The van der Waals surface area contributed by atoms with E-state index in [0.29, 0.717) is 25.4 Å². The van der Waals surface area contributed by atoms with Gasteiger partial charge >= 0.3 is 0 Å². The number of anilines is 1. The van der Waals surface area contributed by atoms with E-state index in [9.17, 15) is 8.78 Å². The summed E-state index contributed by atoms with van der Waals surface area (Å²) in [6, 6.07) is 3.45. The molecule has 1 aromatic carbocycles. The Balaban J connectivity index is 2.50. The van der Waals surface area contributed by atoms with Crippen molar-refractivity contribution in [2.24, 2.45) is 10.8 Å². The van der Waals surface area contributed by atoms with Gasteiger partial charge in [0.2, 0.25) is 5.96 Å². The topological polar surface area (TPSA) is 71.7 Å². The highest BCUT2D eigenvalue weighted by Gasteiger charge is 2.03. The van der Waals surface area contributed by atoms with Gasteiger partial charge in [0.1, 0.15) is 0 Å². The molecule has 0 spiro atoms. The van der Waals surface area contributed by atoms with Gasteiger partial charge in [0.25, 0.3) is 0 Å². The first-order valence-corrected chi connectivity index (χ1v) is 5.98. The monoisotopic (exact) mass is 272 g/mol. The summed E-state index contributed by atoms with van der Waals surface area (Å²) in [6.45, 7) is 3.71. The van der Waals surface area contributed by atoms with Crippen LogP contribution in [-0.2, 0) is 4.74 Å². The Morgan fingerprint density at radius 3 is 2.79 bits per heavy atom. The predicted molar refractivity (Wildman–Crippen MR) is 70.7 cm³/mol. The third kappa shape index (κ3) is 5.62. The lowest BCUT2D eigenvalue weighted by Crippen LogP contribution is -2.36. The number of rotatable bonds is 6. The molecule has 0 fully saturated rings. The maximum absolute atomic E-state index is 13.0. The van der Waals surface area contributed by atoms with Crippen LogP contribution < -0.4 is 16.6 Å². The largest absolute Gasteiger partial charge is 0.382 e. The quantitative estimate of drug-likeness (QED) is 0.242. The van der Waals surface area contributed by atoms with E-state index in [2.05, 4.69) is 15.7 Å². The molecule has 0 heterocycles. The number of hydrogen-bond acceptors (Lipinski definition) is 3. The van der Waals surface area contributed by atoms with Crippen LogP contribution in [0.25, 0.3) is 0 Å². The molecule has 0 bridgehead atoms. The molecule has 0 atom stereocenters. The molecular weight excluding hydrogens is 254 g/mol. The molecular formula is C12H18F2N4O. The van der Waals surface area contributed by atoms with Gasteiger partial charge in [-0.25, -0.2) is 14.6 Å². The number of nitrogens with two attached hydrogens (primary N) is 1. The Hall–Kier alpha value is -1.73. The number of halogens is 2. The SMILES string of the molecule is CCOCCCN=C(NN)Nc1ccc(F)c(F)c1. The molecule has 0 amide bonds. The highest BCUT2D eigenvalue weighted by molar-refractivity contribution is 5.93. The van der Waals surface area contributed by atoms with E-state index in [1.54, 1.807) is 0 Å². The third-order valence-electron chi connectivity index (χ3n) is 2.24. The van der Waals surface area contributed by atoms with Crippen LogP contribution in [0.2, 0.25) is 0 Å². The van der Waals surface area contributed by atoms with E-state index >= 15 is 0 Å². The number of hydrogen-bond donors (Lipinski definition) is 3. The molecule has 4 N–H and O–H groups in total. The summed E-state index contributed by atoms with van der Waals surface area (Å²) in [6.07, 6.45) is 0.748. The number of ether oxygens (including phenoxy) is 1. The lowest BCUT2D eigenvalue weighted by Gasteiger charge is -2.09. The lowest BCUT2D eigenvalue weighted by atomic mass is 10.3. The standard InChI is InChI=1S/C12H18F2N4O/c1-2-19-7-3-6-16-12(18-15)17-9-4-5-10(13)11(14)8-9/h4-5,8H,2-3,6-7,15H2,1H3,(H2,16,17,18). The van der Waals surface area contributed by atoms with E-state index in [1.165, 1.54) is 6.07 Å². The van der Waals surface area contributed by atoms with Crippen molar-refractivity contribution in [3.8, 4) is 0 Å². The second-order valence-electron chi connectivity index (χ2n) is 3.68. The van der Waals surface area contributed by atoms with Gasteiger partial charge in [0.15, 0.2) is 11.6 Å². The number of hydrazine groups is 1. The van der Waals surface area contributed by atoms with Gasteiger partial charge in [0, 0.05) is 31.5 Å². The summed E-state index contributed by atoms with van der Waals surface area (Å²) in [5.74, 6) is 3.73. The minimum absolute atomic E-state index is 0.280. The van der Waals surface area contributed by atoms with Crippen LogP contribution in [0.1, 0.15) is 13.3 Å². The fraction of sp³-hybridized carbons (Fsp3) is 0.417. The number of aliphatic imine (C=N–C) groups is 1. The molecule has 0 saturated heterocycles. The molecule has 0 aliphatic heterocycles. The normalized spacial score (nSPS) is 11.5. The number of nitrogens with zero attached hydrogens (tertiary/aromatic N) is 1. The van der Waals surface area contributed by atoms with Gasteiger partial charge in [-0.3, -0.25) is 10.4 Å². The van der Waals surface area contributed by atoms with E-state index in [4.69, 9.17) is 10.6 Å². The fourth-order valence-corrected chi connectivity index (χ4v) is 1.33. The van der Waals surface area contributed by atoms with Crippen LogP contribution in [0.4, 0.5) is 14.5 Å². The van der Waals surface area contributed by atoms with Gasteiger partial charge in [-0.05, 0) is 25.5 Å². The number of guanidine groups is 1. The number of benzene rings is 1. The van der Waals surface area contributed by atoms with Crippen molar-refractivity contribution < 1.29 is 13.5 Å². The molecule has 0 saturated carbocycles. The van der Waals surface area contributed by atoms with Gasteiger partial charge < -0.3 is 10.1 Å². The van der Waals surface area contributed by atoms with Crippen molar-refractivity contribution in [3.63, 3.8) is 0 Å². The molecule has 1 aromatic rings. The highest BCUT2D eigenvalue weighted by Crippen LogP contribution is 2.12. The zero-order valence-corrected chi connectivity index (χ0v) is 10.7. The van der Waals surface area contributed by atoms with E-state index in [-0.39, 0.29) is 5.96 Å². The van der Waals surface area contributed by atoms with Gasteiger partial charge in [-0.2, -0.15) is 0 Å². The van der Waals surface area contributed by atoms with Crippen molar-refractivity contribution in [2.45, 2.75) is 13.3 Å². The maximum Gasteiger partial charge on any atom is 0.210 e. The lowest BCUT2D eigenvalue weighted by molar-refractivity contribution is 0.146. The zero-order valence-electron chi connectivity index (χ0n) is 10.7. The molecule has 19 heavy (non-hydrogen) atoms. The van der Waals surface area contributed by atoms with Gasteiger partial charge in [0.05, 0.1) is 0 Å². The first kappa shape index (κ1) is 15.3. The molecule has 0 aromatic heterocycles. The summed E-state index contributed by atoms with van der Waals surface area (Å²) in [5, 5.41) is 2.75. The smallest absolute Gasteiger partial charge is 0.210 e. The van der Waals surface area contributed by atoms with Crippen molar-refractivity contribution in [3.05, 3.63) is 29.8 Å². The van der Waals surface area contributed by atoms with Crippen molar-refractivity contribution in [1.82, 2.24) is 5.43 Å². The van der Waals surface area contributed by atoms with E-state index < -0.39 is 11.6 Å².